The summed E-state index contributed by atoms with van der Waals surface area (Å²) >= 11 is 0. The van der Waals surface area contributed by atoms with Gasteiger partial charge < -0.3 is 15.3 Å². The van der Waals surface area contributed by atoms with Crippen LogP contribution < -0.4 is 15.8 Å². The van der Waals surface area contributed by atoms with Crippen molar-refractivity contribution in [2.75, 3.05) is 23.3 Å². The average molecular weight is 459 g/mol. The number of halogens is 3. The van der Waals surface area contributed by atoms with Crippen molar-refractivity contribution in [3.8, 4) is 0 Å². The number of alkyl halides is 2. The summed E-state index contributed by atoms with van der Waals surface area (Å²) in [6, 6.07) is 8.81. The number of carboxylic acid groups (broad SMARTS) is 1. The third-order valence-electron chi connectivity index (χ3n) is 6.13. The molecule has 0 spiro atoms. The van der Waals surface area contributed by atoms with E-state index in [1.807, 2.05) is 0 Å². The number of benzene rings is 1. The molecule has 33 heavy (non-hydrogen) atoms. The number of piperidine rings is 1. The first-order valence-electron chi connectivity index (χ1n) is 10.6. The summed E-state index contributed by atoms with van der Waals surface area (Å²) in [7, 11) is 0. The van der Waals surface area contributed by atoms with Crippen LogP contribution in [0.25, 0.3) is 5.52 Å². The van der Waals surface area contributed by atoms with Crippen molar-refractivity contribution in [1.82, 2.24) is 4.40 Å². The van der Waals surface area contributed by atoms with Gasteiger partial charge in [0.15, 0.2) is 0 Å². The third-order valence-corrected chi connectivity index (χ3v) is 6.13. The van der Waals surface area contributed by atoms with Gasteiger partial charge >= 0.3 is 5.97 Å². The maximum Gasteiger partial charge on any atom is 0.337 e. The van der Waals surface area contributed by atoms with Crippen LogP contribution in [0, 0.1) is 12.7 Å². The fraction of sp³-hybridized carbons (Fsp3) is 0.333. The molecule has 0 aliphatic carbocycles. The number of aromatic nitrogens is 1. The first-order valence-corrected chi connectivity index (χ1v) is 10.6. The van der Waals surface area contributed by atoms with E-state index in [1.54, 1.807) is 43.0 Å². The van der Waals surface area contributed by atoms with Crippen molar-refractivity contribution in [3.63, 3.8) is 0 Å². The van der Waals surface area contributed by atoms with Gasteiger partial charge in [0, 0.05) is 54.6 Å². The zero-order valence-corrected chi connectivity index (χ0v) is 18.2. The molecule has 0 radical (unpaired) electrons. The molecule has 1 aromatic carbocycles. The normalized spacial score (nSPS) is 16.6. The SMILES string of the molecule is Cc1c(N2CCC(F)(F)CC2)cc2c([C@@H](C)Nc3ccccc3C(=O)O)cc(F)cn2c1=O. The summed E-state index contributed by atoms with van der Waals surface area (Å²) in [4.78, 5) is 26.4. The maximum atomic E-state index is 14.5. The van der Waals surface area contributed by atoms with Crippen molar-refractivity contribution in [2.45, 2.75) is 38.7 Å². The van der Waals surface area contributed by atoms with Crippen molar-refractivity contribution in [1.29, 1.82) is 0 Å². The lowest BCUT2D eigenvalue weighted by Gasteiger charge is -2.34. The average Bonchev–Trinajstić information content (AvgIpc) is 2.76. The highest BCUT2D eigenvalue weighted by Crippen LogP contribution is 2.33. The molecular formula is C24H24F3N3O3. The lowest BCUT2D eigenvalue weighted by Crippen LogP contribution is -2.40. The number of aromatic carboxylic acids is 1. The van der Waals surface area contributed by atoms with Gasteiger partial charge in [0.25, 0.3) is 11.5 Å². The molecular weight excluding hydrogens is 435 g/mol. The molecule has 0 bridgehead atoms. The van der Waals surface area contributed by atoms with Crippen LogP contribution in [0.1, 0.15) is 47.3 Å². The summed E-state index contributed by atoms with van der Waals surface area (Å²) in [5.74, 6) is -4.45. The number of anilines is 2. The standard InChI is InChI=1S/C24H24F3N3O3/c1-14-20(29-9-7-24(26,27)8-10-29)12-21-18(11-16(25)13-30(21)22(14)31)15(2)28-19-6-4-3-5-17(19)23(32)33/h3-6,11-13,15,28H,7-10H2,1-2H3,(H,32,33)/t15-/m1/s1. The molecule has 3 aromatic rings. The van der Waals surface area contributed by atoms with Gasteiger partial charge in [-0.15, -0.1) is 0 Å². The van der Waals surface area contributed by atoms with Crippen LogP contribution in [0.15, 0.2) is 47.4 Å². The topological polar surface area (TPSA) is 74.1 Å². The predicted octanol–water partition coefficient (Wildman–Crippen LogP) is 4.85. The van der Waals surface area contributed by atoms with Gasteiger partial charge in [-0.3, -0.25) is 9.20 Å². The van der Waals surface area contributed by atoms with E-state index >= 15 is 0 Å². The second kappa shape index (κ2) is 8.46. The monoisotopic (exact) mass is 459 g/mol. The molecule has 9 heteroatoms. The Labute approximate surface area is 188 Å². The van der Waals surface area contributed by atoms with Crippen LogP contribution in [0.5, 0.6) is 0 Å². The summed E-state index contributed by atoms with van der Waals surface area (Å²) in [5, 5.41) is 12.5. The Hall–Kier alpha value is -3.49. The molecule has 1 aliphatic heterocycles. The summed E-state index contributed by atoms with van der Waals surface area (Å²) in [5.41, 5.74) is 1.75. The minimum atomic E-state index is -2.72. The second-order valence-electron chi connectivity index (χ2n) is 8.39. The highest BCUT2D eigenvalue weighted by atomic mass is 19.3. The van der Waals surface area contributed by atoms with Gasteiger partial charge in [-0.1, -0.05) is 12.1 Å². The van der Waals surface area contributed by atoms with Crippen LogP contribution >= 0.6 is 0 Å². The fourth-order valence-electron chi connectivity index (χ4n) is 4.30. The molecule has 0 saturated carbocycles. The smallest absolute Gasteiger partial charge is 0.337 e. The lowest BCUT2D eigenvalue weighted by atomic mass is 10.0. The first kappa shape index (κ1) is 22.7. The molecule has 3 heterocycles. The predicted molar refractivity (Wildman–Crippen MR) is 120 cm³/mol. The minimum Gasteiger partial charge on any atom is -0.478 e. The van der Waals surface area contributed by atoms with Gasteiger partial charge in [0.2, 0.25) is 0 Å². The van der Waals surface area contributed by atoms with E-state index in [-0.39, 0.29) is 31.5 Å². The van der Waals surface area contributed by atoms with E-state index < -0.39 is 29.3 Å². The number of pyridine rings is 2. The molecule has 6 nitrogen and oxygen atoms in total. The molecule has 2 aromatic heterocycles. The Morgan fingerprint density at radius 3 is 2.52 bits per heavy atom. The van der Waals surface area contributed by atoms with Crippen molar-refractivity contribution >= 4 is 22.9 Å². The molecule has 4 rings (SSSR count). The highest BCUT2D eigenvalue weighted by Gasteiger charge is 2.34. The summed E-state index contributed by atoms with van der Waals surface area (Å²) in [6.45, 7) is 3.56. The van der Waals surface area contributed by atoms with Gasteiger partial charge in [0.05, 0.1) is 17.1 Å². The number of hydrogen-bond acceptors (Lipinski definition) is 4. The highest BCUT2D eigenvalue weighted by molar-refractivity contribution is 5.94. The Bertz CT molecular complexity index is 1280. The molecule has 2 N–H and O–H groups in total. The molecule has 1 fully saturated rings. The van der Waals surface area contributed by atoms with E-state index in [0.29, 0.717) is 28.0 Å². The number of carbonyl (C=O) groups is 1. The molecule has 1 atom stereocenters. The van der Waals surface area contributed by atoms with Crippen LogP contribution in [0.3, 0.4) is 0 Å². The van der Waals surface area contributed by atoms with Crippen LogP contribution in [-0.4, -0.2) is 34.5 Å². The summed E-state index contributed by atoms with van der Waals surface area (Å²) in [6.07, 6.45) is 0.498. The Morgan fingerprint density at radius 1 is 1.18 bits per heavy atom. The Kier molecular flexibility index (Phi) is 5.82. The van der Waals surface area contributed by atoms with Crippen LogP contribution in [-0.2, 0) is 0 Å². The zero-order chi connectivity index (χ0) is 23.9. The van der Waals surface area contributed by atoms with Crippen molar-refractivity contribution in [2.24, 2.45) is 0 Å². The summed E-state index contributed by atoms with van der Waals surface area (Å²) < 4.78 is 43.0. The van der Waals surface area contributed by atoms with Crippen LogP contribution in [0.4, 0.5) is 24.5 Å². The van der Waals surface area contributed by atoms with E-state index in [0.717, 1.165) is 6.20 Å². The molecule has 174 valence electrons. The largest absolute Gasteiger partial charge is 0.478 e. The minimum absolute atomic E-state index is 0.0630. The Morgan fingerprint density at radius 2 is 1.85 bits per heavy atom. The van der Waals surface area contributed by atoms with Crippen LogP contribution in [0.2, 0.25) is 0 Å². The van der Waals surface area contributed by atoms with Crippen molar-refractivity contribution in [3.05, 3.63) is 75.5 Å². The lowest BCUT2D eigenvalue weighted by molar-refractivity contribution is -0.0220. The number of fused-ring (bicyclic) bond motifs is 1. The fourth-order valence-corrected chi connectivity index (χ4v) is 4.30. The number of carboxylic acids is 1. The number of para-hydroxylation sites is 1. The Balaban J connectivity index is 1.80. The van der Waals surface area contributed by atoms with Gasteiger partial charge in [-0.25, -0.2) is 18.0 Å². The number of rotatable bonds is 5. The van der Waals surface area contributed by atoms with Gasteiger partial charge in [-0.05, 0) is 38.1 Å². The van der Waals surface area contributed by atoms with Gasteiger partial charge in [-0.2, -0.15) is 0 Å². The van der Waals surface area contributed by atoms with E-state index in [9.17, 15) is 27.9 Å². The number of nitrogens with one attached hydrogen (secondary N) is 1. The molecule has 1 saturated heterocycles. The third kappa shape index (κ3) is 4.40. The molecule has 1 aliphatic rings. The van der Waals surface area contributed by atoms with Crippen molar-refractivity contribution < 1.29 is 23.1 Å². The number of hydrogen-bond donors (Lipinski definition) is 2. The van der Waals surface area contributed by atoms with E-state index in [2.05, 4.69) is 5.32 Å². The number of nitrogens with zero attached hydrogens (tertiary/aromatic N) is 2. The molecule has 0 unspecified atom stereocenters. The quantitative estimate of drug-likeness (QED) is 0.571. The molecule has 0 amide bonds. The maximum absolute atomic E-state index is 14.5. The first-order chi connectivity index (χ1) is 15.6. The second-order valence-corrected chi connectivity index (χ2v) is 8.39. The van der Waals surface area contributed by atoms with Gasteiger partial charge in [0.1, 0.15) is 5.82 Å². The van der Waals surface area contributed by atoms with E-state index in [4.69, 9.17) is 0 Å². The van der Waals surface area contributed by atoms with E-state index in [1.165, 1.54) is 16.5 Å². The zero-order valence-electron chi connectivity index (χ0n) is 18.2.